The molecule has 1 N–H and O–H groups in total. The normalized spacial score (nSPS) is 29.7. The number of amides is 1. The van der Waals surface area contributed by atoms with Gasteiger partial charge in [0.1, 0.15) is 11.5 Å². The van der Waals surface area contributed by atoms with Crippen LogP contribution in [0.5, 0.6) is 0 Å². The molecule has 4 unspecified atom stereocenters. The molecule has 3 saturated carbocycles. The second-order valence-corrected chi connectivity index (χ2v) is 10.5. The predicted molar refractivity (Wildman–Crippen MR) is 125 cm³/mol. The molecule has 3 aromatic rings. The van der Waals surface area contributed by atoms with E-state index in [-0.39, 0.29) is 16.9 Å². The van der Waals surface area contributed by atoms with E-state index in [0.29, 0.717) is 35.1 Å². The van der Waals surface area contributed by atoms with E-state index in [9.17, 15) is 4.79 Å². The fourth-order valence-electron chi connectivity index (χ4n) is 6.85. The van der Waals surface area contributed by atoms with Crippen molar-refractivity contribution in [1.29, 1.82) is 0 Å². The quantitative estimate of drug-likeness (QED) is 0.610. The van der Waals surface area contributed by atoms with Gasteiger partial charge in [0, 0.05) is 23.6 Å². The summed E-state index contributed by atoms with van der Waals surface area (Å²) in [4.78, 5) is 26.2. The van der Waals surface area contributed by atoms with Gasteiger partial charge in [0.15, 0.2) is 0 Å². The van der Waals surface area contributed by atoms with Gasteiger partial charge in [0.2, 0.25) is 11.8 Å². The van der Waals surface area contributed by atoms with Crippen molar-refractivity contribution in [3.63, 3.8) is 0 Å². The van der Waals surface area contributed by atoms with Gasteiger partial charge in [-0.1, -0.05) is 19.8 Å². The third-order valence-corrected chi connectivity index (χ3v) is 8.29. The molecule has 3 heterocycles. The fraction of sp³-hybridized carbons (Fsp3) is 0.538. The van der Waals surface area contributed by atoms with Crippen molar-refractivity contribution in [2.45, 2.75) is 76.2 Å². The number of nitrogens with zero attached hydrogens (tertiary/aromatic N) is 5. The van der Waals surface area contributed by atoms with Crippen LogP contribution in [0.15, 0.2) is 35.0 Å². The lowest BCUT2D eigenvalue weighted by atomic mass is 9.69. The zero-order valence-electron chi connectivity index (χ0n) is 19.8. The Bertz CT molecular complexity index is 1220. The molecule has 0 aromatic carbocycles. The summed E-state index contributed by atoms with van der Waals surface area (Å²) < 4.78 is 6.32. The molecule has 8 heteroatoms. The maximum absolute atomic E-state index is 13.3. The molecule has 34 heavy (non-hydrogen) atoms. The minimum atomic E-state index is -0.264. The SMILES string of the molecule is CCc1ccc(-c2nnc(C34CC5CCCC(NC(=O)c6ccnc(C)n6)(C3)C(C5)C4)o2)cn1. The number of carbonyl (C=O) groups is 1. The van der Waals surface area contributed by atoms with Gasteiger partial charge in [-0.15, -0.1) is 10.2 Å². The van der Waals surface area contributed by atoms with Crippen LogP contribution in [-0.2, 0) is 11.8 Å². The number of pyridine rings is 1. The van der Waals surface area contributed by atoms with Gasteiger partial charge in [-0.05, 0) is 75.5 Å². The Morgan fingerprint density at radius 2 is 2.12 bits per heavy atom. The van der Waals surface area contributed by atoms with Crippen molar-refractivity contribution in [1.82, 2.24) is 30.5 Å². The van der Waals surface area contributed by atoms with E-state index in [1.807, 2.05) is 18.3 Å². The highest BCUT2D eigenvalue weighted by Crippen LogP contribution is 2.62. The van der Waals surface area contributed by atoms with Gasteiger partial charge in [-0.3, -0.25) is 9.78 Å². The molecule has 0 aliphatic heterocycles. The molecule has 4 atom stereocenters. The number of nitrogens with one attached hydrogen (secondary N) is 1. The number of rotatable bonds is 5. The average Bonchev–Trinajstić information content (AvgIpc) is 3.39. The van der Waals surface area contributed by atoms with Crippen LogP contribution in [0.2, 0.25) is 0 Å². The lowest BCUT2D eigenvalue weighted by molar-refractivity contribution is 0.0855. The van der Waals surface area contributed by atoms with Crippen LogP contribution in [0.25, 0.3) is 11.5 Å². The smallest absolute Gasteiger partial charge is 0.270 e. The third kappa shape index (κ3) is 3.51. The van der Waals surface area contributed by atoms with Gasteiger partial charge in [0.25, 0.3) is 5.91 Å². The molecule has 176 valence electrons. The van der Waals surface area contributed by atoms with Gasteiger partial charge >= 0.3 is 0 Å². The lowest BCUT2D eigenvalue weighted by Crippen LogP contribution is -2.51. The van der Waals surface area contributed by atoms with Crippen LogP contribution in [0, 0.1) is 18.8 Å². The number of hydrogen-bond donors (Lipinski definition) is 1. The second kappa shape index (κ2) is 7.96. The van der Waals surface area contributed by atoms with Crippen molar-refractivity contribution in [2.75, 3.05) is 0 Å². The summed E-state index contributed by atoms with van der Waals surface area (Å²) in [5.74, 6) is 2.76. The summed E-state index contributed by atoms with van der Waals surface area (Å²) >= 11 is 0. The van der Waals surface area contributed by atoms with E-state index in [1.54, 1.807) is 19.2 Å². The van der Waals surface area contributed by atoms with Crippen molar-refractivity contribution in [3.8, 4) is 11.5 Å². The molecule has 3 aromatic heterocycles. The molecule has 1 amide bonds. The van der Waals surface area contributed by atoms with Crippen LogP contribution < -0.4 is 5.32 Å². The van der Waals surface area contributed by atoms with Crippen LogP contribution in [0.4, 0.5) is 0 Å². The number of hydrogen-bond acceptors (Lipinski definition) is 7. The Labute approximate surface area is 199 Å². The van der Waals surface area contributed by atoms with Gasteiger partial charge in [0.05, 0.1) is 11.0 Å². The lowest BCUT2D eigenvalue weighted by Gasteiger charge is -2.35. The minimum Gasteiger partial charge on any atom is -0.420 e. The van der Waals surface area contributed by atoms with Crippen LogP contribution in [-0.4, -0.2) is 36.6 Å². The highest BCUT2D eigenvalue weighted by molar-refractivity contribution is 5.92. The van der Waals surface area contributed by atoms with Crippen LogP contribution in [0.3, 0.4) is 0 Å². The first kappa shape index (κ1) is 21.4. The summed E-state index contributed by atoms with van der Waals surface area (Å²) in [6.07, 6.45) is 11.7. The summed E-state index contributed by atoms with van der Waals surface area (Å²) in [6.45, 7) is 3.89. The maximum Gasteiger partial charge on any atom is 0.270 e. The molecule has 3 fully saturated rings. The van der Waals surface area contributed by atoms with Gasteiger partial charge < -0.3 is 9.73 Å². The Morgan fingerprint density at radius 1 is 1.21 bits per heavy atom. The van der Waals surface area contributed by atoms with E-state index >= 15 is 0 Å². The topological polar surface area (TPSA) is 107 Å². The number of aryl methyl sites for hydroxylation is 2. The molecule has 8 nitrogen and oxygen atoms in total. The summed E-state index contributed by atoms with van der Waals surface area (Å²) in [5, 5.41) is 12.4. The predicted octanol–water partition coefficient (Wildman–Crippen LogP) is 4.20. The molecular formula is C26H30N6O2. The largest absolute Gasteiger partial charge is 0.420 e. The zero-order valence-corrected chi connectivity index (χ0v) is 19.8. The van der Waals surface area contributed by atoms with E-state index < -0.39 is 0 Å². The van der Waals surface area contributed by atoms with Crippen LogP contribution >= 0.6 is 0 Å². The van der Waals surface area contributed by atoms with E-state index in [1.165, 1.54) is 6.42 Å². The standard InChI is InChI=1S/C26H30N6O2/c1-3-20-7-6-18(14-28-20)23-31-32-24(34-23)25-12-17-5-4-9-26(15-25,19(11-17)13-25)30-22(33)21-8-10-27-16(2)29-21/h6-8,10,14,17,19H,3-5,9,11-13,15H2,1-2H3,(H,30,33). The molecule has 3 bridgehead atoms. The monoisotopic (exact) mass is 458 g/mol. The number of carbonyl (C=O) groups excluding carboxylic acids is 1. The highest BCUT2D eigenvalue weighted by Gasteiger charge is 2.62. The zero-order chi connectivity index (χ0) is 23.3. The second-order valence-electron chi connectivity index (χ2n) is 10.5. The Hall–Kier alpha value is -3.16. The van der Waals surface area contributed by atoms with E-state index in [0.717, 1.165) is 56.2 Å². The molecule has 0 saturated heterocycles. The van der Waals surface area contributed by atoms with Gasteiger partial charge in [-0.2, -0.15) is 0 Å². The summed E-state index contributed by atoms with van der Waals surface area (Å²) in [6, 6.07) is 5.70. The van der Waals surface area contributed by atoms with Crippen LogP contribution in [0.1, 0.15) is 79.8 Å². The first-order valence-electron chi connectivity index (χ1n) is 12.4. The minimum absolute atomic E-state index is 0.111. The Kier molecular flexibility index (Phi) is 5.00. The Balaban J connectivity index is 1.31. The van der Waals surface area contributed by atoms with Crippen molar-refractivity contribution >= 4 is 5.91 Å². The molecule has 0 radical (unpaired) electrons. The van der Waals surface area contributed by atoms with Gasteiger partial charge in [-0.25, -0.2) is 9.97 Å². The van der Waals surface area contributed by atoms with Crippen molar-refractivity contribution in [2.24, 2.45) is 11.8 Å². The van der Waals surface area contributed by atoms with Crippen molar-refractivity contribution in [3.05, 3.63) is 53.7 Å². The summed E-state index contributed by atoms with van der Waals surface area (Å²) in [7, 11) is 0. The molecule has 0 spiro atoms. The molecule has 3 aliphatic carbocycles. The van der Waals surface area contributed by atoms with E-state index in [2.05, 4.69) is 37.4 Å². The Morgan fingerprint density at radius 3 is 2.91 bits per heavy atom. The third-order valence-electron chi connectivity index (χ3n) is 8.29. The molecule has 3 aliphatic rings. The average molecular weight is 459 g/mol. The van der Waals surface area contributed by atoms with E-state index in [4.69, 9.17) is 4.42 Å². The highest BCUT2D eigenvalue weighted by atomic mass is 16.4. The maximum atomic E-state index is 13.3. The first-order valence-corrected chi connectivity index (χ1v) is 12.4. The molecule has 6 rings (SSSR count). The fourth-order valence-corrected chi connectivity index (χ4v) is 6.85. The first-order chi connectivity index (χ1) is 16.5. The summed E-state index contributed by atoms with van der Waals surface area (Å²) in [5.41, 5.74) is 1.86. The number of aromatic nitrogens is 5. The number of fused-ring (bicyclic) bond motifs is 2. The van der Waals surface area contributed by atoms with Crippen molar-refractivity contribution < 1.29 is 9.21 Å². The molecular weight excluding hydrogens is 428 g/mol.